The first kappa shape index (κ1) is 15.4. The van der Waals surface area contributed by atoms with Crippen molar-refractivity contribution in [3.8, 4) is 11.5 Å². The standard InChI is InChI=1S/C14H17ClN2O4/c1-19-12-6-9(5-11(15)14(12)20-2)7-16-21-8-13(18)17-10-3-4-10/h5-7,10H,3-4,8H2,1-2H3,(H,17,18). The molecule has 0 aliphatic heterocycles. The maximum absolute atomic E-state index is 11.4. The lowest BCUT2D eigenvalue weighted by atomic mass is 10.2. The van der Waals surface area contributed by atoms with Crippen molar-refractivity contribution in [3.05, 3.63) is 22.7 Å². The summed E-state index contributed by atoms with van der Waals surface area (Å²) in [6.45, 7) is -0.103. The molecule has 1 fully saturated rings. The number of carbonyl (C=O) groups is 1. The lowest BCUT2D eigenvalue weighted by Crippen LogP contribution is -2.28. The van der Waals surface area contributed by atoms with Crippen LogP contribution in [-0.4, -0.2) is 39.0 Å². The summed E-state index contributed by atoms with van der Waals surface area (Å²) in [4.78, 5) is 16.3. The van der Waals surface area contributed by atoms with Crippen LogP contribution >= 0.6 is 11.6 Å². The molecule has 1 aliphatic carbocycles. The number of hydrogen-bond acceptors (Lipinski definition) is 5. The van der Waals surface area contributed by atoms with Gasteiger partial charge in [-0.1, -0.05) is 16.8 Å². The molecule has 1 aromatic carbocycles. The van der Waals surface area contributed by atoms with Gasteiger partial charge < -0.3 is 19.6 Å². The lowest BCUT2D eigenvalue weighted by Gasteiger charge is -2.09. The summed E-state index contributed by atoms with van der Waals surface area (Å²) >= 11 is 6.07. The molecule has 0 unspecified atom stereocenters. The Labute approximate surface area is 128 Å². The summed E-state index contributed by atoms with van der Waals surface area (Å²) in [6.07, 6.45) is 3.54. The molecule has 0 bridgehead atoms. The van der Waals surface area contributed by atoms with E-state index in [4.69, 9.17) is 25.9 Å². The lowest BCUT2D eigenvalue weighted by molar-refractivity contribution is -0.125. The van der Waals surface area contributed by atoms with Crippen LogP contribution in [0.4, 0.5) is 0 Å². The normalized spacial score (nSPS) is 14.0. The highest BCUT2D eigenvalue weighted by atomic mass is 35.5. The Hall–Kier alpha value is -1.95. The number of carbonyl (C=O) groups excluding carboxylic acids is 1. The second-order valence-corrected chi connectivity index (χ2v) is 5.00. The molecule has 2 rings (SSSR count). The van der Waals surface area contributed by atoms with Crippen molar-refractivity contribution < 1.29 is 19.1 Å². The summed E-state index contributed by atoms with van der Waals surface area (Å²) < 4.78 is 10.3. The number of hydrogen-bond donors (Lipinski definition) is 1. The van der Waals surface area contributed by atoms with Crippen LogP contribution in [-0.2, 0) is 9.63 Å². The SMILES string of the molecule is COc1cc(C=NOCC(=O)NC2CC2)cc(Cl)c1OC. The van der Waals surface area contributed by atoms with Gasteiger partial charge in [0.15, 0.2) is 18.1 Å². The van der Waals surface area contributed by atoms with Gasteiger partial charge in [-0.3, -0.25) is 4.79 Å². The third-order valence-corrected chi connectivity index (χ3v) is 3.15. The first-order valence-corrected chi connectivity index (χ1v) is 6.88. The maximum Gasteiger partial charge on any atom is 0.260 e. The number of halogens is 1. The van der Waals surface area contributed by atoms with Gasteiger partial charge in [0.25, 0.3) is 5.91 Å². The van der Waals surface area contributed by atoms with E-state index in [1.54, 1.807) is 12.1 Å². The third-order valence-electron chi connectivity index (χ3n) is 2.87. The van der Waals surface area contributed by atoms with Gasteiger partial charge >= 0.3 is 0 Å². The Morgan fingerprint density at radius 1 is 1.43 bits per heavy atom. The summed E-state index contributed by atoms with van der Waals surface area (Å²) in [5.74, 6) is 0.791. The van der Waals surface area contributed by atoms with Crippen LogP contribution in [0.1, 0.15) is 18.4 Å². The van der Waals surface area contributed by atoms with Crippen LogP contribution in [0, 0.1) is 0 Å². The van der Waals surface area contributed by atoms with Gasteiger partial charge in [-0.15, -0.1) is 0 Å². The van der Waals surface area contributed by atoms with E-state index in [1.165, 1.54) is 20.4 Å². The van der Waals surface area contributed by atoms with Crippen molar-refractivity contribution in [3.63, 3.8) is 0 Å². The van der Waals surface area contributed by atoms with E-state index in [0.717, 1.165) is 12.8 Å². The largest absolute Gasteiger partial charge is 0.493 e. The minimum absolute atomic E-state index is 0.103. The van der Waals surface area contributed by atoms with Crippen molar-refractivity contribution in [1.82, 2.24) is 5.32 Å². The monoisotopic (exact) mass is 312 g/mol. The van der Waals surface area contributed by atoms with E-state index in [-0.39, 0.29) is 12.5 Å². The highest BCUT2D eigenvalue weighted by molar-refractivity contribution is 6.32. The minimum atomic E-state index is -0.167. The molecule has 1 aliphatic rings. The van der Waals surface area contributed by atoms with Crippen molar-refractivity contribution in [2.24, 2.45) is 5.16 Å². The van der Waals surface area contributed by atoms with E-state index >= 15 is 0 Å². The number of rotatable bonds is 7. The number of amides is 1. The van der Waals surface area contributed by atoms with Gasteiger partial charge in [0.1, 0.15) is 0 Å². The van der Waals surface area contributed by atoms with Crippen LogP contribution in [0.15, 0.2) is 17.3 Å². The molecule has 1 amide bonds. The van der Waals surface area contributed by atoms with Crippen LogP contribution in [0.25, 0.3) is 0 Å². The molecular weight excluding hydrogens is 296 g/mol. The fraction of sp³-hybridized carbons (Fsp3) is 0.429. The summed E-state index contributed by atoms with van der Waals surface area (Å²) in [5.41, 5.74) is 0.681. The van der Waals surface area contributed by atoms with Crippen LogP contribution in [0.3, 0.4) is 0 Å². The van der Waals surface area contributed by atoms with Crippen molar-refractivity contribution in [2.75, 3.05) is 20.8 Å². The molecule has 1 saturated carbocycles. The molecule has 0 spiro atoms. The van der Waals surface area contributed by atoms with Crippen LogP contribution in [0.5, 0.6) is 11.5 Å². The Morgan fingerprint density at radius 3 is 2.81 bits per heavy atom. The number of oxime groups is 1. The number of methoxy groups -OCH3 is 2. The molecular formula is C14H17ClN2O4. The second-order valence-electron chi connectivity index (χ2n) is 4.59. The fourth-order valence-electron chi connectivity index (χ4n) is 1.70. The van der Waals surface area contributed by atoms with E-state index in [1.807, 2.05) is 0 Å². The van der Waals surface area contributed by atoms with Gasteiger partial charge in [0.2, 0.25) is 0 Å². The molecule has 0 atom stereocenters. The van der Waals surface area contributed by atoms with E-state index in [0.29, 0.717) is 28.1 Å². The Morgan fingerprint density at radius 2 is 2.19 bits per heavy atom. The third kappa shape index (κ3) is 4.53. The minimum Gasteiger partial charge on any atom is -0.493 e. The van der Waals surface area contributed by atoms with Crippen LogP contribution < -0.4 is 14.8 Å². The van der Waals surface area contributed by atoms with E-state index < -0.39 is 0 Å². The molecule has 0 aromatic heterocycles. The molecule has 1 N–H and O–H groups in total. The zero-order valence-corrected chi connectivity index (χ0v) is 12.6. The van der Waals surface area contributed by atoms with Gasteiger partial charge in [-0.05, 0) is 25.0 Å². The Bertz CT molecular complexity index is 544. The van der Waals surface area contributed by atoms with Crippen molar-refractivity contribution in [1.29, 1.82) is 0 Å². The van der Waals surface area contributed by atoms with E-state index in [2.05, 4.69) is 10.5 Å². The zero-order valence-electron chi connectivity index (χ0n) is 11.9. The number of nitrogens with one attached hydrogen (secondary N) is 1. The molecule has 6 nitrogen and oxygen atoms in total. The smallest absolute Gasteiger partial charge is 0.260 e. The Kier molecular flexibility index (Phi) is 5.27. The number of benzene rings is 1. The zero-order chi connectivity index (χ0) is 15.2. The highest BCUT2D eigenvalue weighted by Crippen LogP contribution is 2.35. The maximum atomic E-state index is 11.4. The van der Waals surface area contributed by atoms with E-state index in [9.17, 15) is 4.79 Å². The highest BCUT2D eigenvalue weighted by Gasteiger charge is 2.23. The molecule has 21 heavy (non-hydrogen) atoms. The number of ether oxygens (including phenoxy) is 2. The quantitative estimate of drug-likeness (QED) is 0.617. The van der Waals surface area contributed by atoms with Gasteiger partial charge in [-0.25, -0.2) is 0 Å². The predicted molar refractivity (Wildman–Crippen MR) is 79.3 cm³/mol. The van der Waals surface area contributed by atoms with Crippen LogP contribution in [0.2, 0.25) is 5.02 Å². The predicted octanol–water partition coefficient (Wildman–Crippen LogP) is 1.99. The summed E-state index contributed by atoms with van der Waals surface area (Å²) in [7, 11) is 3.03. The molecule has 114 valence electrons. The van der Waals surface area contributed by atoms with Crippen molar-refractivity contribution in [2.45, 2.75) is 18.9 Å². The number of nitrogens with zero attached hydrogens (tertiary/aromatic N) is 1. The molecule has 0 radical (unpaired) electrons. The Balaban J connectivity index is 1.90. The van der Waals surface area contributed by atoms with Gasteiger partial charge in [0.05, 0.1) is 25.5 Å². The summed E-state index contributed by atoms with van der Waals surface area (Å²) in [5, 5.41) is 6.95. The average Bonchev–Trinajstić information content (AvgIpc) is 3.26. The first-order chi connectivity index (χ1) is 10.1. The van der Waals surface area contributed by atoms with Gasteiger partial charge in [0, 0.05) is 11.6 Å². The second kappa shape index (κ2) is 7.17. The first-order valence-electron chi connectivity index (χ1n) is 6.50. The summed E-state index contributed by atoms with van der Waals surface area (Å²) in [6, 6.07) is 3.69. The average molecular weight is 313 g/mol. The van der Waals surface area contributed by atoms with Crippen molar-refractivity contribution >= 4 is 23.7 Å². The molecule has 1 aromatic rings. The van der Waals surface area contributed by atoms with Gasteiger partial charge in [-0.2, -0.15) is 0 Å². The molecule has 0 saturated heterocycles. The topological polar surface area (TPSA) is 69.2 Å². The fourth-order valence-corrected chi connectivity index (χ4v) is 2.00. The molecule has 0 heterocycles. The molecule has 7 heteroatoms.